The van der Waals surface area contributed by atoms with Crippen LogP contribution in [-0.4, -0.2) is 19.8 Å². The highest BCUT2D eigenvalue weighted by Gasteiger charge is 1.93. The van der Waals surface area contributed by atoms with E-state index in [1.807, 2.05) is 0 Å². The van der Waals surface area contributed by atoms with E-state index in [0.29, 0.717) is 5.82 Å². The van der Waals surface area contributed by atoms with Crippen LogP contribution in [0.5, 0.6) is 0 Å². The van der Waals surface area contributed by atoms with Crippen molar-refractivity contribution in [2.24, 2.45) is 0 Å². The van der Waals surface area contributed by atoms with Crippen LogP contribution in [0.15, 0.2) is 12.5 Å². The molecule has 10 heavy (non-hydrogen) atoms. The topological polar surface area (TPSA) is 112 Å². The fraction of sp³-hybridized carbons (Fsp3) is 0. The standard InChI is InChI=1S/C3H5N3.HO3P/c4-3-1-5-2-6-3;1-4(2)3/h1-2H,4H2,(H,5,6);(H-,1,2,3)/p+1. The molecule has 0 bridgehead atoms. The molecular formula is C3H7N3O3P+. The van der Waals surface area contributed by atoms with Gasteiger partial charge in [0.1, 0.15) is 5.82 Å². The Morgan fingerprint density at radius 1 is 1.70 bits per heavy atom. The molecule has 1 aromatic heterocycles. The van der Waals surface area contributed by atoms with Crippen LogP contribution < -0.4 is 5.73 Å². The highest BCUT2D eigenvalue weighted by atomic mass is 31.1. The van der Waals surface area contributed by atoms with E-state index < -0.39 is 8.25 Å². The predicted molar refractivity (Wildman–Crippen MR) is 35.0 cm³/mol. The van der Waals surface area contributed by atoms with Gasteiger partial charge in [-0.3, -0.25) is 0 Å². The quantitative estimate of drug-likeness (QED) is 0.390. The highest BCUT2D eigenvalue weighted by Crippen LogP contribution is 1.98. The van der Waals surface area contributed by atoms with E-state index in [0.717, 1.165) is 0 Å². The van der Waals surface area contributed by atoms with Crippen LogP contribution in [0, 0.1) is 0 Å². The Bertz CT molecular complexity index is 183. The molecule has 0 atom stereocenters. The van der Waals surface area contributed by atoms with E-state index in [9.17, 15) is 0 Å². The van der Waals surface area contributed by atoms with Crippen LogP contribution in [0.4, 0.5) is 5.82 Å². The first-order valence-electron chi connectivity index (χ1n) is 2.21. The van der Waals surface area contributed by atoms with E-state index >= 15 is 0 Å². The molecular weight excluding hydrogens is 157 g/mol. The molecule has 0 fully saturated rings. The second-order valence-electron chi connectivity index (χ2n) is 1.26. The van der Waals surface area contributed by atoms with Crippen molar-refractivity contribution in [2.75, 3.05) is 5.73 Å². The maximum absolute atomic E-state index is 8.70. The molecule has 0 aliphatic carbocycles. The Morgan fingerprint density at radius 3 is 2.30 bits per heavy atom. The number of anilines is 1. The third-order valence-corrected chi connectivity index (χ3v) is 0.519. The lowest BCUT2D eigenvalue weighted by Gasteiger charge is -1.70. The van der Waals surface area contributed by atoms with Gasteiger partial charge in [-0.05, 0) is 0 Å². The van der Waals surface area contributed by atoms with Gasteiger partial charge in [0.05, 0.1) is 12.5 Å². The van der Waals surface area contributed by atoms with Gasteiger partial charge in [-0.15, -0.1) is 9.79 Å². The molecule has 1 rings (SSSR count). The van der Waals surface area contributed by atoms with E-state index in [1.165, 1.54) is 6.33 Å². The Labute approximate surface area is 57.7 Å². The molecule has 1 heterocycles. The molecule has 0 aromatic carbocycles. The fourth-order valence-corrected chi connectivity index (χ4v) is 0.267. The van der Waals surface area contributed by atoms with Crippen LogP contribution in [-0.2, 0) is 4.57 Å². The molecule has 0 radical (unpaired) electrons. The molecule has 6 nitrogen and oxygen atoms in total. The van der Waals surface area contributed by atoms with E-state index in [-0.39, 0.29) is 0 Å². The van der Waals surface area contributed by atoms with Crippen molar-refractivity contribution in [1.29, 1.82) is 0 Å². The number of rotatable bonds is 0. The van der Waals surface area contributed by atoms with E-state index in [2.05, 4.69) is 9.97 Å². The van der Waals surface area contributed by atoms with E-state index in [4.69, 9.17) is 20.1 Å². The number of nitrogens with two attached hydrogens (primary N) is 1. The molecule has 0 saturated heterocycles. The lowest BCUT2D eigenvalue weighted by Crippen LogP contribution is -1.79. The summed E-state index contributed by atoms with van der Waals surface area (Å²) in [6, 6.07) is 0. The first-order valence-corrected chi connectivity index (χ1v) is 3.38. The Morgan fingerprint density at radius 2 is 2.20 bits per heavy atom. The third-order valence-electron chi connectivity index (χ3n) is 0.519. The van der Waals surface area contributed by atoms with Crippen molar-refractivity contribution < 1.29 is 14.4 Å². The summed E-state index contributed by atoms with van der Waals surface area (Å²) < 4.78 is 8.70. The molecule has 0 spiro atoms. The predicted octanol–water partition coefficient (Wildman–Crippen LogP) is -0.380. The molecule has 0 aliphatic rings. The molecule has 0 aliphatic heterocycles. The molecule has 7 heteroatoms. The van der Waals surface area contributed by atoms with Crippen LogP contribution in [0.3, 0.4) is 0 Å². The maximum atomic E-state index is 8.70. The van der Waals surface area contributed by atoms with Gasteiger partial charge in [0.25, 0.3) is 0 Å². The van der Waals surface area contributed by atoms with Crippen molar-refractivity contribution in [3.63, 3.8) is 0 Å². The van der Waals surface area contributed by atoms with Gasteiger partial charge in [-0.1, -0.05) is 0 Å². The number of nitrogens with zero attached hydrogens (tertiary/aromatic N) is 1. The first kappa shape index (κ1) is 9.03. The van der Waals surface area contributed by atoms with Gasteiger partial charge in [0, 0.05) is 4.57 Å². The largest absolute Gasteiger partial charge is 0.692 e. The zero-order chi connectivity index (χ0) is 7.98. The molecule has 56 valence electrons. The van der Waals surface area contributed by atoms with Gasteiger partial charge in [-0.2, -0.15) is 0 Å². The minimum atomic E-state index is -2.87. The minimum Gasteiger partial charge on any atom is -0.384 e. The number of H-pyrrole nitrogens is 1. The lowest BCUT2D eigenvalue weighted by atomic mass is 10.8. The van der Waals surface area contributed by atoms with Crippen molar-refractivity contribution in [1.82, 2.24) is 9.97 Å². The van der Waals surface area contributed by atoms with Gasteiger partial charge in [0.2, 0.25) is 0 Å². The summed E-state index contributed by atoms with van der Waals surface area (Å²) in [5.74, 6) is 0.606. The molecule has 5 N–H and O–H groups in total. The smallest absolute Gasteiger partial charge is 0.384 e. The average Bonchev–Trinajstić information content (AvgIpc) is 2.15. The van der Waals surface area contributed by atoms with Crippen LogP contribution in [0.2, 0.25) is 0 Å². The number of imidazole rings is 1. The normalized spacial score (nSPS) is 7.80. The lowest BCUT2D eigenvalue weighted by molar-refractivity contribution is 0.405. The summed E-state index contributed by atoms with van der Waals surface area (Å²) in [5.41, 5.74) is 5.16. The molecule has 0 saturated carbocycles. The number of hydrogen-bond donors (Lipinski definition) is 4. The van der Waals surface area contributed by atoms with Crippen LogP contribution in [0.25, 0.3) is 0 Å². The van der Waals surface area contributed by atoms with Crippen molar-refractivity contribution >= 4 is 14.1 Å². The van der Waals surface area contributed by atoms with Crippen molar-refractivity contribution in [3.05, 3.63) is 12.5 Å². The van der Waals surface area contributed by atoms with E-state index in [1.54, 1.807) is 6.20 Å². The summed E-state index contributed by atoms with van der Waals surface area (Å²) in [7, 11) is -2.87. The first-order chi connectivity index (χ1) is 4.63. The van der Waals surface area contributed by atoms with Gasteiger partial charge < -0.3 is 10.7 Å². The monoisotopic (exact) mass is 164 g/mol. The average molecular weight is 164 g/mol. The fourth-order valence-electron chi connectivity index (χ4n) is 0.267. The number of aromatic nitrogens is 2. The Hall–Kier alpha value is -0.970. The molecule has 0 amide bonds. The Balaban J connectivity index is 0.000000180. The number of aromatic amines is 1. The second kappa shape index (κ2) is 4.87. The summed E-state index contributed by atoms with van der Waals surface area (Å²) in [5, 5.41) is 0. The van der Waals surface area contributed by atoms with Gasteiger partial charge in [-0.25, -0.2) is 4.98 Å². The summed E-state index contributed by atoms with van der Waals surface area (Å²) >= 11 is 0. The summed E-state index contributed by atoms with van der Waals surface area (Å²) in [6.45, 7) is 0. The Kier molecular flexibility index (Phi) is 4.39. The zero-order valence-corrected chi connectivity index (χ0v) is 5.82. The SMILES string of the molecule is Nc1cnc[nH]1.O=[P+](O)O. The zero-order valence-electron chi connectivity index (χ0n) is 4.93. The van der Waals surface area contributed by atoms with Gasteiger partial charge >= 0.3 is 8.25 Å². The van der Waals surface area contributed by atoms with Crippen molar-refractivity contribution in [3.8, 4) is 0 Å². The van der Waals surface area contributed by atoms with Crippen molar-refractivity contribution in [2.45, 2.75) is 0 Å². The molecule has 0 unspecified atom stereocenters. The number of nitrogens with one attached hydrogen (secondary N) is 1. The summed E-state index contributed by atoms with van der Waals surface area (Å²) in [4.78, 5) is 20.5. The molecule has 1 aromatic rings. The number of nitrogen functional groups attached to an aromatic ring is 1. The summed E-state index contributed by atoms with van der Waals surface area (Å²) in [6.07, 6.45) is 3.09. The van der Waals surface area contributed by atoms with Crippen LogP contribution in [0.1, 0.15) is 0 Å². The highest BCUT2D eigenvalue weighted by molar-refractivity contribution is 7.30. The van der Waals surface area contributed by atoms with Crippen LogP contribution >= 0.6 is 8.25 Å². The second-order valence-corrected chi connectivity index (χ2v) is 1.77. The third kappa shape index (κ3) is 7.03. The minimum absolute atomic E-state index is 0.606. The number of hydrogen-bond acceptors (Lipinski definition) is 3. The van der Waals surface area contributed by atoms with Gasteiger partial charge in [0.15, 0.2) is 0 Å². The maximum Gasteiger partial charge on any atom is 0.692 e.